The Hall–Kier alpha value is -2.49. The van der Waals surface area contributed by atoms with E-state index in [2.05, 4.69) is 59.7 Å². The minimum Gasteiger partial charge on any atom is -0.361 e. The molecule has 4 nitrogen and oxygen atoms in total. The average Bonchev–Trinajstić information content (AvgIpc) is 2.88. The minimum absolute atomic E-state index is 0.0543. The minimum atomic E-state index is -0.0543. The number of allylic oxidation sites excluding steroid dienone is 5. The summed E-state index contributed by atoms with van der Waals surface area (Å²) in [6, 6.07) is 0. The summed E-state index contributed by atoms with van der Waals surface area (Å²) in [7, 11) is 0. The number of nitrogens with zero attached hydrogens (tertiary/aromatic N) is 2. The number of aliphatic imine (C=N–C) groups is 1. The van der Waals surface area contributed by atoms with Crippen LogP contribution in [0.5, 0.6) is 0 Å². The van der Waals surface area contributed by atoms with E-state index < -0.39 is 0 Å². The van der Waals surface area contributed by atoms with E-state index in [1.165, 1.54) is 36.2 Å². The predicted octanol–water partition coefficient (Wildman–Crippen LogP) is 5.24. The van der Waals surface area contributed by atoms with Gasteiger partial charge in [0.05, 0.1) is 22.8 Å². The summed E-state index contributed by atoms with van der Waals surface area (Å²) >= 11 is 0. The number of rotatable bonds is 4. The maximum atomic E-state index is 4.49. The Morgan fingerprint density at radius 2 is 2.00 bits per heavy atom. The maximum Gasteiger partial charge on any atom is 0.130 e. The van der Waals surface area contributed by atoms with Crippen molar-refractivity contribution in [3.05, 3.63) is 71.1 Å². The fourth-order valence-electron chi connectivity index (χ4n) is 4.48. The van der Waals surface area contributed by atoms with E-state index in [1.54, 1.807) is 6.21 Å². The molecule has 3 rings (SSSR count). The Balaban J connectivity index is 2.04. The van der Waals surface area contributed by atoms with Crippen LogP contribution in [-0.4, -0.2) is 16.8 Å². The highest BCUT2D eigenvalue weighted by Crippen LogP contribution is 2.47. The van der Waals surface area contributed by atoms with Gasteiger partial charge in [-0.3, -0.25) is 0 Å². The van der Waals surface area contributed by atoms with Gasteiger partial charge >= 0.3 is 0 Å². The van der Waals surface area contributed by atoms with Crippen LogP contribution in [0.3, 0.4) is 0 Å². The van der Waals surface area contributed by atoms with Crippen LogP contribution in [0, 0.1) is 0 Å². The first-order valence-electron chi connectivity index (χ1n) is 9.91. The summed E-state index contributed by atoms with van der Waals surface area (Å²) in [6.45, 7) is 16.5. The van der Waals surface area contributed by atoms with E-state index in [-0.39, 0.29) is 5.66 Å². The van der Waals surface area contributed by atoms with Gasteiger partial charge in [0.1, 0.15) is 11.5 Å². The molecule has 1 aliphatic carbocycles. The van der Waals surface area contributed by atoms with Crippen molar-refractivity contribution < 1.29 is 0 Å². The monoisotopic (exact) mass is 364 g/mol. The first-order valence-corrected chi connectivity index (χ1v) is 9.91. The summed E-state index contributed by atoms with van der Waals surface area (Å²) in [5.74, 6) is 0.801. The van der Waals surface area contributed by atoms with Crippen LogP contribution < -0.4 is 10.6 Å². The molecule has 27 heavy (non-hydrogen) atoms. The van der Waals surface area contributed by atoms with Crippen molar-refractivity contribution in [3.63, 3.8) is 0 Å². The van der Waals surface area contributed by atoms with Crippen molar-refractivity contribution in [2.24, 2.45) is 4.99 Å². The van der Waals surface area contributed by atoms with Gasteiger partial charge in [0, 0.05) is 6.21 Å². The normalized spacial score (nSPS) is 23.8. The molecule has 1 saturated carbocycles. The third-order valence-corrected chi connectivity index (χ3v) is 5.44. The van der Waals surface area contributed by atoms with Crippen LogP contribution >= 0.6 is 0 Å². The largest absolute Gasteiger partial charge is 0.361 e. The van der Waals surface area contributed by atoms with E-state index >= 15 is 0 Å². The summed E-state index contributed by atoms with van der Waals surface area (Å²) in [5, 5.41) is 7.28. The molecule has 1 saturated heterocycles. The van der Waals surface area contributed by atoms with Crippen LogP contribution in [0.1, 0.15) is 59.8 Å². The van der Waals surface area contributed by atoms with Gasteiger partial charge in [-0.2, -0.15) is 0 Å². The van der Waals surface area contributed by atoms with Gasteiger partial charge in [0.2, 0.25) is 0 Å². The second-order valence-electron chi connectivity index (χ2n) is 7.68. The molecule has 4 heteroatoms. The summed E-state index contributed by atoms with van der Waals surface area (Å²) in [5.41, 5.74) is 6.64. The molecule has 2 heterocycles. The quantitative estimate of drug-likeness (QED) is 0.529. The Morgan fingerprint density at radius 3 is 2.59 bits per heavy atom. The van der Waals surface area contributed by atoms with E-state index in [0.29, 0.717) is 0 Å². The van der Waals surface area contributed by atoms with Gasteiger partial charge < -0.3 is 15.5 Å². The molecule has 0 atom stereocenters. The number of hydrogen-bond donors (Lipinski definition) is 2. The number of nitrogens with one attached hydrogen (secondary N) is 2. The lowest BCUT2D eigenvalue weighted by atomic mass is 9.87. The molecule has 0 aromatic heterocycles. The molecule has 2 aliphatic heterocycles. The third kappa shape index (κ3) is 3.53. The zero-order valence-corrected chi connectivity index (χ0v) is 17.2. The highest BCUT2D eigenvalue weighted by Gasteiger charge is 2.48. The Labute approximate surface area is 163 Å². The van der Waals surface area contributed by atoms with Crippen LogP contribution in [0.25, 0.3) is 0 Å². The second kappa shape index (κ2) is 7.63. The van der Waals surface area contributed by atoms with Crippen molar-refractivity contribution in [2.75, 3.05) is 0 Å². The molecular weight excluding hydrogens is 332 g/mol. The van der Waals surface area contributed by atoms with Gasteiger partial charge in [-0.05, 0) is 71.1 Å². The van der Waals surface area contributed by atoms with Gasteiger partial charge in [-0.15, -0.1) is 0 Å². The molecule has 0 bridgehead atoms. The second-order valence-corrected chi connectivity index (χ2v) is 7.68. The van der Waals surface area contributed by atoms with E-state index in [0.717, 1.165) is 35.6 Å². The highest BCUT2D eigenvalue weighted by molar-refractivity contribution is 5.57. The fraction of sp³-hybridized carbons (Fsp3) is 0.435. The van der Waals surface area contributed by atoms with Crippen molar-refractivity contribution in [1.82, 2.24) is 15.5 Å². The number of hydrogen-bond acceptors (Lipinski definition) is 4. The van der Waals surface area contributed by atoms with Gasteiger partial charge in [0.25, 0.3) is 0 Å². The lowest BCUT2D eigenvalue weighted by Gasteiger charge is -2.45. The Kier molecular flexibility index (Phi) is 5.45. The molecule has 2 fully saturated rings. The van der Waals surface area contributed by atoms with Crippen molar-refractivity contribution in [2.45, 2.75) is 65.5 Å². The molecule has 2 N–H and O–H groups in total. The third-order valence-electron chi connectivity index (χ3n) is 5.44. The van der Waals surface area contributed by atoms with Gasteiger partial charge in [0.15, 0.2) is 0 Å². The van der Waals surface area contributed by atoms with Crippen LogP contribution in [0.15, 0.2) is 76.1 Å². The smallest absolute Gasteiger partial charge is 0.130 e. The average molecular weight is 365 g/mol. The predicted molar refractivity (Wildman–Crippen MR) is 115 cm³/mol. The van der Waals surface area contributed by atoms with Crippen molar-refractivity contribution >= 4 is 6.21 Å². The molecule has 0 aromatic carbocycles. The highest BCUT2D eigenvalue weighted by atomic mass is 15.4. The zero-order chi connectivity index (χ0) is 19.6. The van der Waals surface area contributed by atoms with Crippen LogP contribution in [0.4, 0.5) is 0 Å². The SMILES string of the molecule is C=C(C)/C=C(\N=CC)NC1=CC(C)=C2C(=C)NC3(CCCCC3)N2/C1=C/C. The molecule has 1 spiro atoms. The Bertz CT molecular complexity index is 798. The summed E-state index contributed by atoms with van der Waals surface area (Å²) in [6.07, 6.45) is 14.2. The molecule has 0 unspecified atom stereocenters. The van der Waals surface area contributed by atoms with E-state index in [9.17, 15) is 0 Å². The molecule has 3 aliphatic rings. The first-order chi connectivity index (χ1) is 12.9. The molecule has 0 amide bonds. The summed E-state index contributed by atoms with van der Waals surface area (Å²) < 4.78 is 0. The van der Waals surface area contributed by atoms with E-state index in [4.69, 9.17) is 0 Å². The standard InChI is InChI=1S/C23H32N4/c1-7-20-19(25-21(24-8-2)14-16(3)4)15-17(5)22-18(6)26-23(27(20)22)12-10-9-11-13-23/h7-8,14-15,25-26H,3,6,9-13H2,1-2,4-5H3/b20-7+,21-14+,24-8?. The summed E-state index contributed by atoms with van der Waals surface area (Å²) in [4.78, 5) is 6.97. The molecular formula is C23H32N4. The fourth-order valence-corrected chi connectivity index (χ4v) is 4.48. The lowest BCUT2D eigenvalue weighted by molar-refractivity contribution is 0.123. The van der Waals surface area contributed by atoms with Crippen LogP contribution in [0.2, 0.25) is 0 Å². The molecule has 0 radical (unpaired) electrons. The maximum absolute atomic E-state index is 4.49. The first kappa shape index (κ1) is 19.3. The van der Waals surface area contributed by atoms with Crippen molar-refractivity contribution in [3.8, 4) is 0 Å². The Morgan fingerprint density at radius 1 is 1.30 bits per heavy atom. The van der Waals surface area contributed by atoms with Gasteiger partial charge in [-0.25, -0.2) is 4.99 Å². The lowest BCUT2D eigenvalue weighted by Crippen LogP contribution is -2.52. The number of fused-ring (bicyclic) bond motifs is 2. The van der Waals surface area contributed by atoms with Gasteiger partial charge in [-0.1, -0.05) is 31.2 Å². The van der Waals surface area contributed by atoms with Crippen LogP contribution in [-0.2, 0) is 0 Å². The van der Waals surface area contributed by atoms with Crippen molar-refractivity contribution in [1.29, 1.82) is 0 Å². The van der Waals surface area contributed by atoms with E-state index in [1.807, 2.05) is 19.9 Å². The topological polar surface area (TPSA) is 39.7 Å². The molecule has 144 valence electrons. The zero-order valence-electron chi connectivity index (χ0n) is 17.2. The molecule has 0 aromatic rings.